The molecule has 0 saturated heterocycles. The number of fused-ring (bicyclic) bond motifs is 1. The number of carbonyl (C=O) groups excluding carboxylic acids is 1. The Morgan fingerprint density at radius 3 is 3.17 bits per heavy atom. The minimum absolute atomic E-state index is 0.152. The fourth-order valence-corrected chi connectivity index (χ4v) is 2.15. The van der Waals surface area contributed by atoms with E-state index < -0.39 is 0 Å². The average molecular weight is 166 g/mol. The molecule has 3 unspecified atom stereocenters. The Labute approximate surface area is 72.6 Å². The SMILES string of the molecule is CC1CCC2OC=CC(=O)C2C1. The second-order valence-corrected chi connectivity index (χ2v) is 3.90. The van der Waals surface area contributed by atoms with Gasteiger partial charge in [-0.1, -0.05) is 6.92 Å². The van der Waals surface area contributed by atoms with Crippen LogP contribution < -0.4 is 0 Å². The topological polar surface area (TPSA) is 26.3 Å². The first-order valence-corrected chi connectivity index (χ1v) is 4.63. The maximum Gasteiger partial charge on any atom is 0.165 e. The molecular weight excluding hydrogens is 152 g/mol. The maximum atomic E-state index is 11.4. The summed E-state index contributed by atoms with van der Waals surface area (Å²) in [6.45, 7) is 2.21. The Balaban J connectivity index is 2.13. The van der Waals surface area contributed by atoms with Crippen molar-refractivity contribution in [2.75, 3.05) is 0 Å². The molecule has 2 heteroatoms. The van der Waals surface area contributed by atoms with Crippen LogP contribution in [0.5, 0.6) is 0 Å². The summed E-state index contributed by atoms with van der Waals surface area (Å²) in [7, 11) is 0. The lowest BCUT2D eigenvalue weighted by Gasteiger charge is -2.34. The highest BCUT2D eigenvalue weighted by Gasteiger charge is 2.35. The van der Waals surface area contributed by atoms with Gasteiger partial charge >= 0.3 is 0 Å². The minimum Gasteiger partial charge on any atom is -0.497 e. The molecular formula is C10H14O2. The van der Waals surface area contributed by atoms with Crippen molar-refractivity contribution in [3.63, 3.8) is 0 Å². The predicted octanol–water partition coefficient (Wildman–Crippen LogP) is 1.90. The van der Waals surface area contributed by atoms with E-state index in [4.69, 9.17) is 4.74 Å². The second kappa shape index (κ2) is 2.92. The zero-order chi connectivity index (χ0) is 8.55. The van der Waals surface area contributed by atoms with Crippen LogP contribution in [-0.2, 0) is 9.53 Å². The first kappa shape index (κ1) is 7.84. The van der Waals surface area contributed by atoms with Crippen molar-refractivity contribution in [2.45, 2.75) is 32.3 Å². The molecule has 12 heavy (non-hydrogen) atoms. The zero-order valence-corrected chi connectivity index (χ0v) is 7.32. The molecule has 0 bridgehead atoms. The van der Waals surface area contributed by atoms with Crippen LogP contribution in [0, 0.1) is 11.8 Å². The standard InChI is InChI=1S/C10H14O2/c1-7-2-3-10-8(6-7)9(11)4-5-12-10/h4-5,7-8,10H,2-3,6H2,1H3. The summed E-state index contributed by atoms with van der Waals surface area (Å²) in [6, 6.07) is 0. The molecule has 0 radical (unpaired) electrons. The number of ether oxygens (including phenoxy) is 1. The van der Waals surface area contributed by atoms with Gasteiger partial charge < -0.3 is 4.74 Å². The molecule has 3 atom stereocenters. The van der Waals surface area contributed by atoms with E-state index in [1.165, 1.54) is 6.42 Å². The van der Waals surface area contributed by atoms with E-state index in [0.717, 1.165) is 12.8 Å². The van der Waals surface area contributed by atoms with Gasteiger partial charge in [0.05, 0.1) is 12.2 Å². The van der Waals surface area contributed by atoms with E-state index in [-0.39, 0.29) is 17.8 Å². The zero-order valence-electron chi connectivity index (χ0n) is 7.32. The molecule has 2 aliphatic rings. The molecule has 0 spiro atoms. The number of ketones is 1. The van der Waals surface area contributed by atoms with E-state index in [1.807, 2.05) is 0 Å². The van der Waals surface area contributed by atoms with E-state index in [9.17, 15) is 4.79 Å². The van der Waals surface area contributed by atoms with Crippen LogP contribution in [0.4, 0.5) is 0 Å². The number of carbonyl (C=O) groups is 1. The smallest absolute Gasteiger partial charge is 0.165 e. The van der Waals surface area contributed by atoms with E-state index >= 15 is 0 Å². The highest BCUT2D eigenvalue weighted by atomic mass is 16.5. The summed E-state index contributed by atoms with van der Waals surface area (Å²) in [6.07, 6.45) is 6.55. The Hall–Kier alpha value is -0.790. The summed E-state index contributed by atoms with van der Waals surface area (Å²) in [4.78, 5) is 11.4. The normalized spacial score (nSPS) is 40.4. The predicted molar refractivity (Wildman–Crippen MR) is 45.5 cm³/mol. The first-order valence-electron chi connectivity index (χ1n) is 4.63. The summed E-state index contributed by atoms with van der Waals surface area (Å²) in [5.41, 5.74) is 0. The quantitative estimate of drug-likeness (QED) is 0.549. The van der Waals surface area contributed by atoms with Gasteiger partial charge in [-0.05, 0) is 25.2 Å². The molecule has 1 saturated carbocycles. The van der Waals surface area contributed by atoms with Crippen LogP contribution in [0.3, 0.4) is 0 Å². The van der Waals surface area contributed by atoms with Crippen LogP contribution in [0.1, 0.15) is 26.2 Å². The van der Waals surface area contributed by atoms with Crippen LogP contribution in [-0.4, -0.2) is 11.9 Å². The maximum absolute atomic E-state index is 11.4. The molecule has 1 fully saturated rings. The van der Waals surface area contributed by atoms with E-state index in [2.05, 4.69) is 6.92 Å². The molecule has 0 N–H and O–H groups in total. The summed E-state index contributed by atoms with van der Waals surface area (Å²) in [5, 5.41) is 0. The molecule has 1 heterocycles. The molecule has 0 aromatic rings. The molecule has 2 rings (SSSR count). The molecule has 0 amide bonds. The molecule has 0 aromatic carbocycles. The highest BCUT2D eigenvalue weighted by molar-refractivity contribution is 5.92. The van der Waals surface area contributed by atoms with Gasteiger partial charge in [0.2, 0.25) is 0 Å². The largest absolute Gasteiger partial charge is 0.497 e. The summed E-state index contributed by atoms with van der Waals surface area (Å²) in [5.74, 6) is 1.10. The lowest BCUT2D eigenvalue weighted by atomic mass is 9.77. The Bertz CT molecular complexity index is 220. The minimum atomic E-state index is 0.152. The number of hydrogen-bond acceptors (Lipinski definition) is 2. The molecule has 0 aromatic heterocycles. The Morgan fingerprint density at radius 2 is 2.33 bits per heavy atom. The van der Waals surface area contributed by atoms with Crippen LogP contribution >= 0.6 is 0 Å². The summed E-state index contributed by atoms with van der Waals surface area (Å²) >= 11 is 0. The van der Waals surface area contributed by atoms with Crippen LogP contribution in [0.2, 0.25) is 0 Å². The van der Waals surface area contributed by atoms with Crippen LogP contribution in [0.25, 0.3) is 0 Å². The van der Waals surface area contributed by atoms with Crippen molar-refractivity contribution in [1.29, 1.82) is 0 Å². The Morgan fingerprint density at radius 1 is 1.50 bits per heavy atom. The lowest BCUT2D eigenvalue weighted by Crippen LogP contribution is -2.36. The van der Waals surface area contributed by atoms with Gasteiger partial charge in [-0.3, -0.25) is 4.79 Å². The highest BCUT2D eigenvalue weighted by Crippen LogP contribution is 2.33. The Kier molecular flexibility index (Phi) is 1.91. The van der Waals surface area contributed by atoms with E-state index in [1.54, 1.807) is 12.3 Å². The van der Waals surface area contributed by atoms with Gasteiger partial charge in [-0.15, -0.1) is 0 Å². The van der Waals surface area contributed by atoms with Crippen molar-refractivity contribution in [1.82, 2.24) is 0 Å². The molecule has 2 nitrogen and oxygen atoms in total. The van der Waals surface area contributed by atoms with Crippen molar-refractivity contribution in [3.8, 4) is 0 Å². The van der Waals surface area contributed by atoms with Crippen molar-refractivity contribution in [3.05, 3.63) is 12.3 Å². The monoisotopic (exact) mass is 166 g/mol. The van der Waals surface area contributed by atoms with Gasteiger partial charge in [0.15, 0.2) is 5.78 Å². The molecule has 1 aliphatic carbocycles. The fourth-order valence-electron chi connectivity index (χ4n) is 2.15. The second-order valence-electron chi connectivity index (χ2n) is 3.90. The van der Waals surface area contributed by atoms with Gasteiger partial charge in [-0.25, -0.2) is 0 Å². The summed E-state index contributed by atoms with van der Waals surface area (Å²) < 4.78 is 5.40. The van der Waals surface area contributed by atoms with Crippen molar-refractivity contribution in [2.24, 2.45) is 11.8 Å². The number of allylic oxidation sites excluding steroid dienone is 1. The molecule has 66 valence electrons. The molecule has 1 aliphatic heterocycles. The number of rotatable bonds is 0. The van der Waals surface area contributed by atoms with Crippen molar-refractivity contribution < 1.29 is 9.53 Å². The average Bonchev–Trinajstić information content (AvgIpc) is 2.07. The number of hydrogen-bond donors (Lipinski definition) is 0. The first-order chi connectivity index (χ1) is 5.77. The third-order valence-electron chi connectivity index (χ3n) is 2.90. The fraction of sp³-hybridized carbons (Fsp3) is 0.700. The third-order valence-corrected chi connectivity index (χ3v) is 2.90. The van der Waals surface area contributed by atoms with E-state index in [0.29, 0.717) is 5.92 Å². The third kappa shape index (κ3) is 1.26. The van der Waals surface area contributed by atoms with Gasteiger partial charge in [0.1, 0.15) is 6.10 Å². The van der Waals surface area contributed by atoms with Gasteiger partial charge in [0, 0.05) is 6.08 Å². The van der Waals surface area contributed by atoms with Crippen LogP contribution in [0.15, 0.2) is 12.3 Å². The van der Waals surface area contributed by atoms with Gasteiger partial charge in [0.25, 0.3) is 0 Å². The lowest BCUT2D eigenvalue weighted by molar-refractivity contribution is -0.126. The van der Waals surface area contributed by atoms with Crippen molar-refractivity contribution >= 4 is 5.78 Å². The van der Waals surface area contributed by atoms with Gasteiger partial charge in [-0.2, -0.15) is 0 Å².